The maximum atomic E-state index is 11.8. The molecule has 1 saturated carbocycles. The molecule has 2 unspecified atom stereocenters. The molecule has 0 bridgehead atoms. The number of hydrogen-bond acceptors (Lipinski definition) is 3. The van der Waals surface area contributed by atoms with Crippen molar-refractivity contribution in [1.29, 1.82) is 0 Å². The van der Waals surface area contributed by atoms with E-state index in [1.807, 2.05) is 6.92 Å². The van der Waals surface area contributed by atoms with E-state index in [0.717, 1.165) is 24.2 Å². The molecule has 7 nitrogen and oxygen atoms in total. The molecular formula is C13H20N4O3. The van der Waals surface area contributed by atoms with E-state index in [9.17, 15) is 9.59 Å². The smallest absolute Gasteiger partial charge is 0.319 e. The maximum absolute atomic E-state index is 11.8. The zero-order chi connectivity index (χ0) is 14.7. The van der Waals surface area contributed by atoms with Crippen LogP contribution in [0.3, 0.4) is 0 Å². The summed E-state index contributed by atoms with van der Waals surface area (Å²) in [5, 5.41) is 21.4. The van der Waals surface area contributed by atoms with E-state index in [0.29, 0.717) is 18.7 Å². The number of urea groups is 1. The fourth-order valence-corrected chi connectivity index (χ4v) is 2.72. The Bertz CT molecular complexity index is 492. The minimum Gasteiger partial charge on any atom is -0.481 e. The molecule has 0 aliphatic heterocycles. The van der Waals surface area contributed by atoms with Crippen LogP contribution in [-0.2, 0) is 4.79 Å². The number of carboxylic acids is 1. The Hall–Kier alpha value is -2.05. The van der Waals surface area contributed by atoms with Crippen LogP contribution in [-0.4, -0.2) is 33.8 Å². The molecule has 0 saturated heterocycles. The average molecular weight is 280 g/mol. The van der Waals surface area contributed by atoms with Gasteiger partial charge in [0.25, 0.3) is 0 Å². The number of carbonyl (C=O) groups is 2. The van der Waals surface area contributed by atoms with Crippen LogP contribution in [0.2, 0.25) is 0 Å². The molecule has 1 aliphatic rings. The van der Waals surface area contributed by atoms with Gasteiger partial charge in [0.1, 0.15) is 0 Å². The first-order valence-corrected chi connectivity index (χ1v) is 6.78. The first-order chi connectivity index (χ1) is 9.49. The first-order valence-electron chi connectivity index (χ1n) is 6.78. The van der Waals surface area contributed by atoms with E-state index in [-0.39, 0.29) is 17.9 Å². The van der Waals surface area contributed by atoms with Crippen LogP contribution < -0.4 is 10.6 Å². The number of aromatic nitrogens is 2. The summed E-state index contributed by atoms with van der Waals surface area (Å²) in [5.41, 5.74) is 2.19. The van der Waals surface area contributed by atoms with Crippen molar-refractivity contribution in [2.75, 3.05) is 11.9 Å². The summed E-state index contributed by atoms with van der Waals surface area (Å²) in [6.45, 7) is 4.02. The van der Waals surface area contributed by atoms with Crippen LogP contribution in [0.4, 0.5) is 10.5 Å². The summed E-state index contributed by atoms with van der Waals surface area (Å²) >= 11 is 0. The van der Waals surface area contributed by atoms with Crippen molar-refractivity contribution in [3.05, 3.63) is 11.4 Å². The Morgan fingerprint density at radius 2 is 2.15 bits per heavy atom. The lowest BCUT2D eigenvalue weighted by Crippen LogP contribution is -2.35. The molecular weight excluding hydrogens is 260 g/mol. The lowest BCUT2D eigenvalue weighted by Gasteiger charge is -2.16. The topological polar surface area (TPSA) is 107 Å². The third-order valence-corrected chi connectivity index (χ3v) is 3.87. The second kappa shape index (κ2) is 5.94. The number of nitrogens with one attached hydrogen (secondary N) is 3. The van der Waals surface area contributed by atoms with Gasteiger partial charge in [0.2, 0.25) is 0 Å². The highest BCUT2D eigenvalue weighted by Crippen LogP contribution is 2.31. The van der Waals surface area contributed by atoms with Crippen molar-refractivity contribution >= 4 is 17.7 Å². The summed E-state index contributed by atoms with van der Waals surface area (Å²) < 4.78 is 0. The normalized spacial score (nSPS) is 21.7. The van der Waals surface area contributed by atoms with Crippen LogP contribution in [0.25, 0.3) is 0 Å². The van der Waals surface area contributed by atoms with E-state index >= 15 is 0 Å². The van der Waals surface area contributed by atoms with Crippen LogP contribution in [0.5, 0.6) is 0 Å². The van der Waals surface area contributed by atoms with Gasteiger partial charge >= 0.3 is 12.0 Å². The van der Waals surface area contributed by atoms with Gasteiger partial charge in [0, 0.05) is 6.54 Å². The number of amides is 2. The number of aryl methyl sites for hydroxylation is 2. The monoisotopic (exact) mass is 280 g/mol. The van der Waals surface area contributed by atoms with Gasteiger partial charge in [-0.1, -0.05) is 6.42 Å². The number of nitrogens with zero attached hydrogens (tertiary/aromatic N) is 1. The zero-order valence-corrected chi connectivity index (χ0v) is 11.7. The highest BCUT2D eigenvalue weighted by atomic mass is 16.4. The molecule has 4 N–H and O–H groups in total. The molecule has 1 heterocycles. The Morgan fingerprint density at radius 3 is 2.75 bits per heavy atom. The van der Waals surface area contributed by atoms with E-state index < -0.39 is 5.97 Å². The molecule has 1 fully saturated rings. The summed E-state index contributed by atoms with van der Waals surface area (Å²) in [4.78, 5) is 22.9. The van der Waals surface area contributed by atoms with Crippen molar-refractivity contribution < 1.29 is 14.7 Å². The van der Waals surface area contributed by atoms with Crippen molar-refractivity contribution in [2.24, 2.45) is 11.8 Å². The number of rotatable bonds is 4. The molecule has 2 atom stereocenters. The predicted molar refractivity (Wildman–Crippen MR) is 73.5 cm³/mol. The minimum atomic E-state index is -0.767. The van der Waals surface area contributed by atoms with Gasteiger partial charge in [0.15, 0.2) is 0 Å². The van der Waals surface area contributed by atoms with Gasteiger partial charge < -0.3 is 15.7 Å². The van der Waals surface area contributed by atoms with Crippen molar-refractivity contribution in [1.82, 2.24) is 15.5 Å². The fourth-order valence-electron chi connectivity index (χ4n) is 2.72. The molecule has 0 aromatic carbocycles. The Morgan fingerprint density at radius 1 is 1.40 bits per heavy atom. The van der Waals surface area contributed by atoms with Gasteiger partial charge in [-0.15, -0.1) is 0 Å². The summed E-state index contributed by atoms with van der Waals surface area (Å²) in [5.74, 6) is -1.09. The Labute approximate surface area is 117 Å². The number of anilines is 1. The fraction of sp³-hybridized carbons (Fsp3) is 0.615. The predicted octanol–water partition coefficient (Wildman–Crippen LogP) is 1.65. The van der Waals surface area contributed by atoms with Crippen molar-refractivity contribution in [3.63, 3.8) is 0 Å². The lowest BCUT2D eigenvalue weighted by atomic mass is 9.96. The SMILES string of the molecule is Cc1n[nH]c(C)c1NC(=O)NCC1CCCC1C(=O)O. The zero-order valence-electron chi connectivity index (χ0n) is 11.7. The van der Waals surface area contributed by atoms with Crippen LogP contribution >= 0.6 is 0 Å². The molecule has 2 amide bonds. The molecule has 1 aromatic heterocycles. The molecule has 110 valence electrons. The summed E-state index contributed by atoms with van der Waals surface area (Å²) in [7, 11) is 0. The number of H-pyrrole nitrogens is 1. The van der Waals surface area contributed by atoms with Crippen molar-refractivity contribution in [3.8, 4) is 0 Å². The molecule has 0 spiro atoms. The molecule has 0 radical (unpaired) electrons. The van der Waals surface area contributed by atoms with Gasteiger partial charge in [-0.2, -0.15) is 5.10 Å². The molecule has 7 heteroatoms. The summed E-state index contributed by atoms with van der Waals surface area (Å²) in [6.07, 6.45) is 2.45. The molecule has 2 rings (SSSR count). The third kappa shape index (κ3) is 3.09. The van der Waals surface area contributed by atoms with Crippen molar-refractivity contribution in [2.45, 2.75) is 33.1 Å². The first kappa shape index (κ1) is 14.4. The van der Waals surface area contributed by atoms with Crippen LogP contribution in [0, 0.1) is 25.7 Å². The van der Waals surface area contributed by atoms with E-state index in [1.54, 1.807) is 6.92 Å². The average Bonchev–Trinajstić information content (AvgIpc) is 2.98. The largest absolute Gasteiger partial charge is 0.481 e. The van der Waals surface area contributed by atoms with E-state index in [4.69, 9.17) is 5.11 Å². The highest BCUT2D eigenvalue weighted by molar-refractivity contribution is 5.90. The Kier molecular flexibility index (Phi) is 4.26. The van der Waals surface area contributed by atoms with E-state index in [1.165, 1.54) is 0 Å². The van der Waals surface area contributed by atoms with Crippen LogP contribution in [0.15, 0.2) is 0 Å². The lowest BCUT2D eigenvalue weighted by molar-refractivity contribution is -0.142. The third-order valence-electron chi connectivity index (χ3n) is 3.87. The van der Waals surface area contributed by atoms with E-state index in [2.05, 4.69) is 20.8 Å². The molecule has 1 aromatic rings. The minimum absolute atomic E-state index is 0.0183. The highest BCUT2D eigenvalue weighted by Gasteiger charge is 2.32. The number of hydrogen-bond donors (Lipinski definition) is 4. The molecule has 1 aliphatic carbocycles. The Balaban J connectivity index is 1.85. The van der Waals surface area contributed by atoms with Gasteiger partial charge in [-0.3, -0.25) is 9.89 Å². The van der Waals surface area contributed by atoms with Gasteiger partial charge in [-0.25, -0.2) is 4.79 Å². The second-order valence-corrected chi connectivity index (χ2v) is 5.28. The number of carbonyl (C=O) groups excluding carboxylic acids is 1. The van der Waals surface area contributed by atoms with Gasteiger partial charge in [0.05, 0.1) is 23.0 Å². The van der Waals surface area contributed by atoms with Gasteiger partial charge in [-0.05, 0) is 32.6 Å². The maximum Gasteiger partial charge on any atom is 0.319 e. The number of aliphatic carboxylic acids is 1. The molecule has 20 heavy (non-hydrogen) atoms. The quantitative estimate of drug-likeness (QED) is 0.672. The standard InChI is InChI=1S/C13H20N4O3/c1-7-11(8(2)17-16-7)15-13(20)14-6-9-4-3-5-10(9)12(18)19/h9-10H,3-6H2,1-2H3,(H,16,17)(H,18,19)(H2,14,15,20). The van der Waals surface area contributed by atoms with Crippen LogP contribution in [0.1, 0.15) is 30.7 Å². The summed E-state index contributed by atoms with van der Waals surface area (Å²) in [6, 6.07) is -0.325. The number of carboxylic acid groups (broad SMARTS) is 1. The second-order valence-electron chi connectivity index (χ2n) is 5.28. The number of aromatic amines is 1.